The normalized spacial score (nSPS) is 57.1. The van der Waals surface area contributed by atoms with Gasteiger partial charge in [-0.1, -0.05) is 48.5 Å². The Bertz CT molecular complexity index is 887. The van der Waals surface area contributed by atoms with Crippen LogP contribution in [0.4, 0.5) is 0 Å². The molecule has 0 saturated heterocycles. The highest BCUT2D eigenvalue weighted by Crippen LogP contribution is 2.79. The van der Waals surface area contributed by atoms with Gasteiger partial charge in [0.05, 0.1) is 0 Å². The van der Waals surface area contributed by atoms with E-state index in [1.165, 1.54) is 64.2 Å². The van der Waals surface area contributed by atoms with E-state index >= 15 is 0 Å². The van der Waals surface area contributed by atoms with Gasteiger partial charge in [0.15, 0.2) is 0 Å². The SMILES string of the molecule is CC1CC[C@]2(C)[C@H]3CC[C@@H]4[C@H]5C(C6(C)CC6)CCC5(C(=O)Cl)CC[C@@]4(C)[C@]3(C)CC[C@H]2C1(C)C. The fraction of sp³-hybridized carbons (Fsp3) is 0.969. The van der Waals surface area contributed by atoms with Crippen molar-refractivity contribution in [1.82, 2.24) is 0 Å². The molecule has 2 heteroatoms. The van der Waals surface area contributed by atoms with Crippen molar-refractivity contribution in [3.05, 3.63) is 0 Å². The molecule has 6 aliphatic carbocycles. The van der Waals surface area contributed by atoms with Gasteiger partial charge in [-0.3, -0.25) is 4.79 Å². The maximum atomic E-state index is 13.1. The molecule has 3 unspecified atom stereocenters. The molecule has 0 aromatic carbocycles. The Balaban J connectivity index is 1.41. The summed E-state index contributed by atoms with van der Waals surface area (Å²) in [4.78, 5) is 13.1. The number of rotatable bonds is 2. The lowest BCUT2D eigenvalue weighted by molar-refractivity contribution is -0.242. The van der Waals surface area contributed by atoms with Gasteiger partial charge in [-0.15, -0.1) is 0 Å². The lowest BCUT2D eigenvalue weighted by Gasteiger charge is -2.73. The van der Waals surface area contributed by atoms with Crippen LogP contribution in [0.3, 0.4) is 0 Å². The second kappa shape index (κ2) is 7.08. The van der Waals surface area contributed by atoms with E-state index < -0.39 is 0 Å². The molecule has 1 nitrogen and oxygen atoms in total. The highest BCUT2D eigenvalue weighted by molar-refractivity contribution is 6.64. The lowest BCUT2D eigenvalue weighted by atomic mass is 9.32. The first-order chi connectivity index (χ1) is 15.8. The van der Waals surface area contributed by atoms with E-state index in [1.54, 1.807) is 0 Å². The molecule has 6 aliphatic rings. The van der Waals surface area contributed by atoms with Crippen molar-refractivity contribution >= 4 is 16.8 Å². The number of hydrogen-bond acceptors (Lipinski definition) is 1. The van der Waals surface area contributed by atoms with Crippen molar-refractivity contribution in [3.8, 4) is 0 Å². The molecule has 6 fully saturated rings. The van der Waals surface area contributed by atoms with Crippen LogP contribution in [0.2, 0.25) is 0 Å². The molecule has 0 amide bonds. The smallest absolute Gasteiger partial charge is 0.228 e. The summed E-state index contributed by atoms with van der Waals surface area (Å²) in [7, 11) is 0. The van der Waals surface area contributed by atoms with E-state index in [0.29, 0.717) is 38.9 Å². The Kier molecular flexibility index (Phi) is 5.06. The molecule has 0 spiro atoms. The fourth-order valence-electron chi connectivity index (χ4n) is 12.5. The van der Waals surface area contributed by atoms with Gasteiger partial charge in [0.2, 0.25) is 5.24 Å². The monoisotopic (exact) mass is 486 g/mol. The maximum Gasteiger partial charge on any atom is 0.228 e. The Labute approximate surface area is 214 Å². The average molecular weight is 487 g/mol. The topological polar surface area (TPSA) is 17.1 Å². The van der Waals surface area contributed by atoms with Crippen molar-refractivity contribution in [2.75, 3.05) is 0 Å². The summed E-state index contributed by atoms with van der Waals surface area (Å²) in [5, 5.41) is 0.0252. The van der Waals surface area contributed by atoms with Crippen LogP contribution in [0, 0.1) is 68.0 Å². The van der Waals surface area contributed by atoms with Gasteiger partial charge < -0.3 is 0 Å². The zero-order chi connectivity index (χ0) is 24.5. The minimum atomic E-state index is -0.214. The van der Waals surface area contributed by atoms with Crippen LogP contribution in [0.5, 0.6) is 0 Å². The summed E-state index contributed by atoms with van der Waals surface area (Å²) in [6, 6.07) is 0. The first kappa shape index (κ1) is 24.3. The molecule has 0 heterocycles. The molecule has 10 atom stereocenters. The molecule has 0 N–H and O–H groups in total. The molecule has 0 radical (unpaired) electrons. The third kappa shape index (κ3) is 2.73. The molecule has 6 saturated carbocycles. The largest absolute Gasteiger partial charge is 0.281 e. The minimum Gasteiger partial charge on any atom is -0.281 e. The lowest BCUT2D eigenvalue weighted by Crippen LogP contribution is -2.66. The average Bonchev–Trinajstić information content (AvgIpc) is 3.37. The molecule has 192 valence electrons. The van der Waals surface area contributed by atoms with Crippen LogP contribution < -0.4 is 0 Å². The molecule has 34 heavy (non-hydrogen) atoms. The molecule has 6 rings (SSSR count). The number of fused-ring (bicyclic) bond motifs is 7. The van der Waals surface area contributed by atoms with E-state index in [4.69, 9.17) is 11.6 Å². The molecular weight excluding hydrogens is 436 g/mol. The van der Waals surface area contributed by atoms with E-state index in [0.717, 1.165) is 36.5 Å². The second-order valence-corrected chi connectivity index (χ2v) is 16.5. The Morgan fingerprint density at radius 3 is 2.03 bits per heavy atom. The quantitative estimate of drug-likeness (QED) is 0.355. The van der Waals surface area contributed by atoms with E-state index in [1.807, 2.05) is 0 Å². The Morgan fingerprint density at radius 1 is 0.676 bits per heavy atom. The van der Waals surface area contributed by atoms with Gasteiger partial charge in [0.1, 0.15) is 0 Å². The van der Waals surface area contributed by atoms with Crippen molar-refractivity contribution in [1.29, 1.82) is 0 Å². The summed E-state index contributed by atoms with van der Waals surface area (Å²) < 4.78 is 0. The first-order valence-electron chi connectivity index (χ1n) is 15.0. The highest BCUT2D eigenvalue weighted by atomic mass is 35.5. The molecule has 0 aliphatic heterocycles. The number of carbonyl (C=O) groups excluding carboxylic acids is 1. The van der Waals surface area contributed by atoms with Gasteiger partial charge in [-0.25, -0.2) is 0 Å². The summed E-state index contributed by atoms with van der Waals surface area (Å²) in [6.07, 6.45) is 15.7. The first-order valence-corrected chi connectivity index (χ1v) is 15.3. The van der Waals surface area contributed by atoms with Crippen LogP contribution in [-0.4, -0.2) is 5.24 Å². The fourth-order valence-corrected chi connectivity index (χ4v) is 12.8. The van der Waals surface area contributed by atoms with Crippen molar-refractivity contribution in [2.24, 2.45) is 68.0 Å². The number of hydrogen-bond donors (Lipinski definition) is 0. The standard InChI is InChI=1S/C32H51ClO/c1-20-10-13-29(5)23(27(20,2)3)12-14-31(7)24(29)9-8-22-25-21(28(4)16-17-28)11-15-32(25,26(33)34)19-18-30(22,31)6/h20-25H,8-19H2,1-7H3/t20?,21?,22-,23+,24-,25-,29+,30-,31-,32?/m1/s1. The molecular formula is C32H51ClO. The van der Waals surface area contributed by atoms with E-state index in [-0.39, 0.29) is 10.7 Å². The van der Waals surface area contributed by atoms with Crippen molar-refractivity contribution in [2.45, 2.75) is 126 Å². The van der Waals surface area contributed by atoms with Crippen molar-refractivity contribution < 1.29 is 4.79 Å². The second-order valence-electron chi connectivity index (χ2n) is 16.2. The maximum absolute atomic E-state index is 13.1. The van der Waals surface area contributed by atoms with E-state index in [2.05, 4.69) is 48.5 Å². The minimum absolute atomic E-state index is 0.0252. The predicted octanol–water partition coefficient (Wildman–Crippen LogP) is 9.27. The predicted molar refractivity (Wildman–Crippen MR) is 142 cm³/mol. The van der Waals surface area contributed by atoms with Gasteiger partial charge in [0, 0.05) is 5.41 Å². The van der Waals surface area contributed by atoms with Gasteiger partial charge in [0.25, 0.3) is 0 Å². The molecule has 0 aromatic rings. The zero-order valence-electron chi connectivity index (χ0n) is 23.2. The van der Waals surface area contributed by atoms with Gasteiger partial charge in [-0.2, -0.15) is 0 Å². The summed E-state index contributed by atoms with van der Waals surface area (Å²) in [5.41, 5.74) is 1.96. The van der Waals surface area contributed by atoms with Crippen molar-refractivity contribution in [3.63, 3.8) is 0 Å². The molecule has 0 aromatic heterocycles. The summed E-state index contributed by atoms with van der Waals surface area (Å²) in [6.45, 7) is 18.4. The van der Waals surface area contributed by atoms with Crippen LogP contribution in [0.25, 0.3) is 0 Å². The Hall–Kier alpha value is -0.0400. The summed E-state index contributed by atoms with van der Waals surface area (Å²) in [5.74, 6) is 4.48. The highest BCUT2D eigenvalue weighted by Gasteiger charge is 2.73. The molecule has 0 bridgehead atoms. The third-order valence-corrected chi connectivity index (χ3v) is 15.7. The van der Waals surface area contributed by atoms with Crippen LogP contribution >= 0.6 is 11.6 Å². The van der Waals surface area contributed by atoms with Crippen LogP contribution in [-0.2, 0) is 4.79 Å². The number of halogens is 1. The zero-order valence-corrected chi connectivity index (χ0v) is 24.0. The van der Waals surface area contributed by atoms with Gasteiger partial charge in [-0.05, 0) is 151 Å². The van der Waals surface area contributed by atoms with E-state index in [9.17, 15) is 4.79 Å². The number of carbonyl (C=O) groups is 1. The summed E-state index contributed by atoms with van der Waals surface area (Å²) >= 11 is 6.55. The van der Waals surface area contributed by atoms with Crippen LogP contribution in [0.15, 0.2) is 0 Å². The van der Waals surface area contributed by atoms with Crippen LogP contribution in [0.1, 0.15) is 126 Å². The van der Waals surface area contributed by atoms with Gasteiger partial charge >= 0.3 is 0 Å². The third-order valence-electron chi connectivity index (χ3n) is 15.3. The Morgan fingerprint density at radius 2 is 1.38 bits per heavy atom.